The molecule has 0 aliphatic carbocycles. The highest BCUT2D eigenvalue weighted by Gasteiger charge is 2.43. The average molecular weight is 477 g/mol. The highest BCUT2D eigenvalue weighted by Crippen LogP contribution is 2.37. The van der Waals surface area contributed by atoms with E-state index in [9.17, 15) is 35.9 Å². The fourth-order valence-corrected chi connectivity index (χ4v) is 3.58. The number of benzene rings is 2. The van der Waals surface area contributed by atoms with Crippen LogP contribution in [0, 0.1) is 0 Å². The summed E-state index contributed by atoms with van der Waals surface area (Å²) in [6.07, 6.45) is -9.41. The number of nitrogens with zero attached hydrogens (tertiary/aromatic N) is 1. The third kappa shape index (κ3) is 4.59. The molecule has 0 spiro atoms. The molecule has 32 heavy (non-hydrogen) atoms. The topological polar surface area (TPSA) is 51.1 Å². The van der Waals surface area contributed by atoms with Crippen molar-refractivity contribution in [1.29, 1.82) is 0 Å². The first-order chi connectivity index (χ1) is 14.9. The van der Waals surface area contributed by atoms with Crippen LogP contribution in [0.4, 0.5) is 26.3 Å². The Morgan fingerprint density at radius 1 is 1.12 bits per heavy atom. The van der Waals surface area contributed by atoms with E-state index in [0.29, 0.717) is 29.3 Å². The zero-order valence-electron chi connectivity index (χ0n) is 16.3. The molecule has 1 heterocycles. The number of halogens is 7. The highest BCUT2D eigenvalue weighted by molar-refractivity contribution is 6.33. The molecule has 0 saturated carbocycles. The lowest BCUT2D eigenvalue weighted by molar-refractivity contribution is -0.156. The molecule has 11 heteroatoms. The summed E-state index contributed by atoms with van der Waals surface area (Å²) in [5, 5.41) is 2.29. The summed E-state index contributed by atoms with van der Waals surface area (Å²) in [5.74, 6) is -1.15. The molecule has 1 unspecified atom stereocenters. The van der Waals surface area contributed by atoms with Gasteiger partial charge in [-0.05, 0) is 42.8 Å². The minimum atomic E-state index is -5.06. The van der Waals surface area contributed by atoms with E-state index in [1.54, 1.807) is 12.2 Å². The molecule has 1 atom stereocenters. The number of aldehydes is 1. The number of aromatic nitrogens is 1. The second-order valence-electron chi connectivity index (χ2n) is 6.90. The van der Waals surface area contributed by atoms with Gasteiger partial charge in [0, 0.05) is 17.5 Å². The fraction of sp³-hybridized carbons (Fsp3) is 0.238. The number of hydrogen-bond donors (Lipinski definition) is 1. The van der Waals surface area contributed by atoms with E-state index in [-0.39, 0.29) is 22.8 Å². The van der Waals surface area contributed by atoms with Gasteiger partial charge in [0.2, 0.25) is 0 Å². The van der Waals surface area contributed by atoms with Gasteiger partial charge in [0.05, 0.1) is 16.1 Å². The molecule has 1 N–H and O–H groups in total. The molecule has 0 aliphatic heterocycles. The van der Waals surface area contributed by atoms with Crippen molar-refractivity contribution in [1.82, 2.24) is 9.88 Å². The highest BCUT2D eigenvalue weighted by atomic mass is 35.5. The summed E-state index contributed by atoms with van der Waals surface area (Å²) < 4.78 is 81.3. The Balaban J connectivity index is 2.04. The van der Waals surface area contributed by atoms with Gasteiger partial charge < -0.3 is 9.88 Å². The lowest BCUT2D eigenvalue weighted by Gasteiger charge is -2.23. The van der Waals surface area contributed by atoms with Crippen LogP contribution in [0.3, 0.4) is 0 Å². The molecule has 0 radical (unpaired) electrons. The van der Waals surface area contributed by atoms with E-state index in [2.05, 4.69) is 0 Å². The number of fused-ring (bicyclic) bond motifs is 1. The Morgan fingerprint density at radius 2 is 1.81 bits per heavy atom. The van der Waals surface area contributed by atoms with Crippen LogP contribution in [0.5, 0.6) is 0 Å². The molecular formula is C21H15ClF6N2O2. The van der Waals surface area contributed by atoms with E-state index in [1.807, 2.05) is 0 Å². The van der Waals surface area contributed by atoms with Crippen LogP contribution in [0.1, 0.15) is 44.9 Å². The van der Waals surface area contributed by atoms with E-state index in [1.165, 1.54) is 22.8 Å². The minimum absolute atomic E-state index is 0.101. The number of rotatable bonds is 5. The van der Waals surface area contributed by atoms with Crippen molar-refractivity contribution >= 4 is 34.7 Å². The largest absolute Gasteiger partial charge is 0.416 e. The van der Waals surface area contributed by atoms with Crippen molar-refractivity contribution < 1.29 is 35.9 Å². The molecule has 1 aromatic heterocycles. The second-order valence-corrected chi connectivity index (χ2v) is 7.30. The number of aryl methyl sites for hydroxylation is 1. The van der Waals surface area contributed by atoms with Gasteiger partial charge in [-0.3, -0.25) is 9.59 Å². The van der Waals surface area contributed by atoms with Gasteiger partial charge in [-0.25, -0.2) is 0 Å². The maximum Gasteiger partial charge on any atom is 0.416 e. The van der Waals surface area contributed by atoms with E-state index in [0.717, 1.165) is 12.1 Å². The molecular weight excluding hydrogens is 462 g/mol. The molecule has 0 saturated heterocycles. The van der Waals surface area contributed by atoms with Crippen molar-refractivity contribution in [2.75, 3.05) is 0 Å². The van der Waals surface area contributed by atoms with Gasteiger partial charge in [0.15, 0.2) is 12.3 Å². The number of hydrogen-bond acceptors (Lipinski definition) is 2. The summed E-state index contributed by atoms with van der Waals surface area (Å²) in [6, 6.07) is 4.11. The van der Waals surface area contributed by atoms with Crippen molar-refractivity contribution in [3.63, 3.8) is 0 Å². The molecule has 3 aromatic rings. The Morgan fingerprint density at radius 3 is 2.38 bits per heavy atom. The Labute approximate surface area is 182 Å². The third-order valence-electron chi connectivity index (χ3n) is 4.85. The maximum atomic E-state index is 13.7. The summed E-state index contributed by atoms with van der Waals surface area (Å²) in [7, 11) is 0. The van der Waals surface area contributed by atoms with Gasteiger partial charge >= 0.3 is 12.4 Å². The molecule has 3 rings (SSSR count). The average Bonchev–Trinajstić information content (AvgIpc) is 3.07. The molecule has 4 nitrogen and oxygen atoms in total. The standard InChI is InChI=1S/C21H15ClF6N2O2/c1-2-30-16-9-15(22)13(10-31)6-12(16)8-17(30)19(32)29-18(21(26,27)28)11-4-3-5-14(7-11)20(23,24)25/h3-10,18H,2H2,1H3,(H,29,32). The molecule has 2 aromatic carbocycles. The zero-order chi connectivity index (χ0) is 23.8. The maximum absolute atomic E-state index is 13.7. The van der Waals surface area contributed by atoms with Crippen LogP contribution in [-0.2, 0) is 12.7 Å². The summed E-state index contributed by atoms with van der Waals surface area (Å²) in [6.45, 7) is 1.83. The van der Waals surface area contributed by atoms with E-state index in [4.69, 9.17) is 11.6 Å². The van der Waals surface area contributed by atoms with Crippen LogP contribution < -0.4 is 5.32 Å². The number of alkyl halides is 6. The number of carbonyl (C=O) groups excluding carboxylic acids is 2. The minimum Gasteiger partial charge on any atom is -0.337 e. The molecule has 1 amide bonds. The smallest absolute Gasteiger partial charge is 0.337 e. The van der Waals surface area contributed by atoms with E-state index < -0.39 is 35.4 Å². The SMILES string of the molecule is CCn1c(C(=O)NC(c2cccc(C(F)(F)F)c2)C(F)(F)F)cc2cc(C=O)c(Cl)cc21. The number of nitrogens with one attached hydrogen (secondary N) is 1. The van der Waals surface area contributed by atoms with Gasteiger partial charge in [0.25, 0.3) is 5.91 Å². The van der Waals surface area contributed by atoms with Gasteiger partial charge in [-0.2, -0.15) is 26.3 Å². The van der Waals surface area contributed by atoms with Crippen molar-refractivity contribution in [3.8, 4) is 0 Å². The van der Waals surface area contributed by atoms with Crippen molar-refractivity contribution in [2.45, 2.75) is 31.9 Å². The first-order valence-corrected chi connectivity index (χ1v) is 9.57. The van der Waals surface area contributed by atoms with Gasteiger partial charge in [0.1, 0.15) is 5.69 Å². The van der Waals surface area contributed by atoms with Crippen LogP contribution in [0.15, 0.2) is 42.5 Å². The van der Waals surface area contributed by atoms with Gasteiger partial charge in [-0.1, -0.05) is 23.7 Å². The zero-order valence-corrected chi connectivity index (χ0v) is 17.1. The second kappa shape index (κ2) is 8.50. The third-order valence-corrected chi connectivity index (χ3v) is 5.17. The first kappa shape index (κ1) is 23.6. The van der Waals surface area contributed by atoms with Crippen LogP contribution >= 0.6 is 11.6 Å². The Bertz CT molecular complexity index is 1180. The lowest BCUT2D eigenvalue weighted by atomic mass is 10.0. The summed E-state index contributed by atoms with van der Waals surface area (Å²) >= 11 is 6.01. The van der Waals surface area contributed by atoms with Crippen LogP contribution in [-0.4, -0.2) is 22.9 Å². The summed E-state index contributed by atoms with van der Waals surface area (Å²) in [4.78, 5) is 23.9. The molecule has 0 fully saturated rings. The van der Waals surface area contributed by atoms with Crippen LogP contribution in [0.25, 0.3) is 10.9 Å². The first-order valence-electron chi connectivity index (χ1n) is 9.19. The van der Waals surface area contributed by atoms with Crippen molar-refractivity contribution in [2.24, 2.45) is 0 Å². The quantitative estimate of drug-likeness (QED) is 0.353. The molecule has 170 valence electrons. The Hall–Kier alpha value is -3.01. The fourth-order valence-electron chi connectivity index (χ4n) is 3.37. The normalized spacial score (nSPS) is 13.2. The van der Waals surface area contributed by atoms with E-state index >= 15 is 0 Å². The Kier molecular flexibility index (Phi) is 6.28. The number of amides is 1. The van der Waals surface area contributed by atoms with Crippen LogP contribution in [0.2, 0.25) is 5.02 Å². The number of carbonyl (C=O) groups is 2. The summed E-state index contributed by atoms with van der Waals surface area (Å²) in [5.41, 5.74) is -1.64. The molecule has 0 aliphatic rings. The monoisotopic (exact) mass is 476 g/mol. The predicted molar refractivity (Wildman–Crippen MR) is 106 cm³/mol. The van der Waals surface area contributed by atoms with Gasteiger partial charge in [-0.15, -0.1) is 0 Å². The molecule has 0 bridgehead atoms. The van der Waals surface area contributed by atoms with Crippen molar-refractivity contribution in [3.05, 3.63) is 69.9 Å². The predicted octanol–water partition coefficient (Wildman–Crippen LogP) is 6.18. The lowest BCUT2D eigenvalue weighted by Crippen LogP contribution is -2.39.